The highest BCUT2D eigenvalue weighted by molar-refractivity contribution is 5.13. The van der Waals surface area contributed by atoms with Crippen molar-refractivity contribution in [2.45, 2.75) is 129 Å². The second-order valence-electron chi connectivity index (χ2n) is 14.9. The van der Waals surface area contributed by atoms with Crippen molar-refractivity contribution in [2.24, 2.45) is 76.9 Å². The van der Waals surface area contributed by atoms with Crippen LogP contribution in [0.5, 0.6) is 0 Å². The van der Waals surface area contributed by atoms with E-state index in [1.54, 1.807) is 122 Å². The van der Waals surface area contributed by atoms with Crippen LogP contribution in [0.15, 0.2) is 0 Å². The molecule has 0 N–H and O–H groups in total. The number of hydrogen-bond donors (Lipinski definition) is 0. The molecule has 0 aliphatic heterocycles. The van der Waals surface area contributed by atoms with Crippen molar-refractivity contribution in [1.29, 1.82) is 0 Å². The largest absolute Gasteiger partial charge is 0.0625 e. The topological polar surface area (TPSA) is 0 Å². The van der Waals surface area contributed by atoms with Crippen molar-refractivity contribution in [3.63, 3.8) is 0 Å². The first-order valence-electron chi connectivity index (χ1n) is 16.3. The van der Waals surface area contributed by atoms with Crippen LogP contribution in [-0.4, -0.2) is 0 Å². The van der Waals surface area contributed by atoms with E-state index in [0.717, 1.165) is 53.3 Å². The second kappa shape index (κ2) is 9.14. The van der Waals surface area contributed by atoms with Gasteiger partial charge in [0.05, 0.1) is 0 Å². The third kappa shape index (κ3) is 3.64. The summed E-state index contributed by atoms with van der Waals surface area (Å²) in [4.78, 5) is 0. The summed E-state index contributed by atoms with van der Waals surface area (Å²) in [5, 5.41) is 0. The van der Waals surface area contributed by atoms with Crippen LogP contribution >= 0.6 is 0 Å². The predicted molar refractivity (Wildman–Crippen MR) is 139 cm³/mol. The molecule has 7 aliphatic rings. The van der Waals surface area contributed by atoms with E-state index >= 15 is 0 Å². The standard InChI is InChI=1S/C33H54/c1-21-17-19-24(20-18-21)31-26-14-6-5-13-25(26)30(23-9-3-2-4-10-23)32-27-15-7-11-22-12-8-16-28(29(22)27)33(31)32/h21-33H,2-20H2,1H3. The van der Waals surface area contributed by atoms with Gasteiger partial charge in [-0.1, -0.05) is 90.4 Å². The zero-order chi connectivity index (χ0) is 21.9. The second-order valence-corrected chi connectivity index (χ2v) is 14.9. The molecule has 186 valence electrons. The molecule has 7 saturated carbocycles. The zero-order valence-electron chi connectivity index (χ0n) is 21.9. The molecule has 0 heterocycles. The van der Waals surface area contributed by atoms with Crippen LogP contribution in [0.25, 0.3) is 0 Å². The maximum absolute atomic E-state index is 2.55. The summed E-state index contributed by atoms with van der Waals surface area (Å²) in [7, 11) is 0. The molecule has 0 saturated heterocycles. The molecule has 0 aromatic carbocycles. The maximum Gasteiger partial charge on any atom is -0.0315 e. The molecule has 0 bridgehead atoms. The van der Waals surface area contributed by atoms with Gasteiger partial charge in [-0.05, 0) is 115 Å². The van der Waals surface area contributed by atoms with E-state index in [1.807, 2.05) is 0 Å². The van der Waals surface area contributed by atoms with Gasteiger partial charge >= 0.3 is 0 Å². The van der Waals surface area contributed by atoms with Crippen molar-refractivity contribution >= 4 is 0 Å². The summed E-state index contributed by atoms with van der Waals surface area (Å²) in [5.74, 6) is 14.9. The Balaban J connectivity index is 1.31. The molecule has 10 unspecified atom stereocenters. The summed E-state index contributed by atoms with van der Waals surface area (Å²) >= 11 is 0. The molecule has 7 fully saturated rings. The average Bonchev–Trinajstić information content (AvgIpc) is 3.20. The summed E-state index contributed by atoms with van der Waals surface area (Å²) < 4.78 is 0. The Morgan fingerprint density at radius 1 is 0.303 bits per heavy atom. The van der Waals surface area contributed by atoms with Crippen LogP contribution in [-0.2, 0) is 0 Å². The van der Waals surface area contributed by atoms with Crippen molar-refractivity contribution in [3.05, 3.63) is 0 Å². The van der Waals surface area contributed by atoms with Gasteiger partial charge in [-0.2, -0.15) is 0 Å². The summed E-state index contributed by atoms with van der Waals surface area (Å²) in [6, 6.07) is 0. The van der Waals surface area contributed by atoms with Crippen LogP contribution in [0.2, 0.25) is 0 Å². The Morgan fingerprint density at radius 2 is 0.727 bits per heavy atom. The molecule has 10 atom stereocenters. The Kier molecular flexibility index (Phi) is 6.15. The third-order valence-corrected chi connectivity index (χ3v) is 13.7. The molecular weight excluding hydrogens is 396 g/mol. The molecule has 0 radical (unpaired) electrons. The minimum absolute atomic E-state index is 1.02. The molecule has 7 aliphatic carbocycles. The first kappa shape index (κ1) is 22.2. The lowest BCUT2D eigenvalue weighted by molar-refractivity contribution is -0.108. The van der Waals surface area contributed by atoms with Gasteiger partial charge in [-0.3, -0.25) is 0 Å². The van der Waals surface area contributed by atoms with Crippen molar-refractivity contribution in [3.8, 4) is 0 Å². The molecule has 0 aromatic rings. The highest BCUT2D eigenvalue weighted by Gasteiger charge is 2.65. The molecule has 0 nitrogen and oxygen atoms in total. The molecule has 7 rings (SSSR count). The summed E-state index contributed by atoms with van der Waals surface area (Å²) in [6.45, 7) is 2.55. The van der Waals surface area contributed by atoms with Gasteiger partial charge < -0.3 is 0 Å². The fourth-order valence-corrected chi connectivity index (χ4v) is 12.9. The first-order valence-corrected chi connectivity index (χ1v) is 16.3. The smallest absolute Gasteiger partial charge is 0.0315 e. The highest BCUT2D eigenvalue weighted by atomic mass is 14.7. The van der Waals surface area contributed by atoms with E-state index in [4.69, 9.17) is 0 Å². The van der Waals surface area contributed by atoms with Gasteiger partial charge in [-0.15, -0.1) is 0 Å². The molecule has 0 aromatic heterocycles. The van der Waals surface area contributed by atoms with Gasteiger partial charge in [0.25, 0.3) is 0 Å². The summed E-state index contributed by atoms with van der Waals surface area (Å²) in [6.07, 6.45) is 30.4. The number of fused-ring (bicyclic) bond motifs is 4. The van der Waals surface area contributed by atoms with E-state index in [9.17, 15) is 0 Å². The number of hydrogen-bond acceptors (Lipinski definition) is 0. The highest BCUT2D eigenvalue weighted by Crippen LogP contribution is 2.71. The molecular formula is C33H54. The average molecular weight is 451 g/mol. The quantitative estimate of drug-likeness (QED) is 0.393. The van der Waals surface area contributed by atoms with Crippen LogP contribution < -0.4 is 0 Å². The van der Waals surface area contributed by atoms with Crippen LogP contribution in [0, 0.1) is 76.9 Å². The van der Waals surface area contributed by atoms with Crippen LogP contribution in [0.1, 0.15) is 129 Å². The third-order valence-electron chi connectivity index (χ3n) is 13.7. The SMILES string of the molecule is CC1CCC(C2C3CCCCC3C(C3CCCCC3)C3C4CCCC5CCCC(C54)C23)CC1. The molecule has 0 heteroatoms. The summed E-state index contributed by atoms with van der Waals surface area (Å²) in [5.41, 5.74) is 0. The molecule has 33 heavy (non-hydrogen) atoms. The normalized spacial score (nSPS) is 54.8. The minimum Gasteiger partial charge on any atom is -0.0625 e. The lowest BCUT2D eigenvalue weighted by Crippen LogP contribution is -2.53. The minimum atomic E-state index is 1.02. The number of rotatable bonds is 2. The lowest BCUT2D eigenvalue weighted by atomic mass is 9.46. The monoisotopic (exact) mass is 450 g/mol. The predicted octanol–water partition coefficient (Wildman–Crippen LogP) is 9.52. The first-order chi connectivity index (χ1) is 16.3. The van der Waals surface area contributed by atoms with Gasteiger partial charge in [0.15, 0.2) is 0 Å². The van der Waals surface area contributed by atoms with E-state index in [-0.39, 0.29) is 0 Å². The van der Waals surface area contributed by atoms with E-state index in [1.165, 1.54) is 23.7 Å². The van der Waals surface area contributed by atoms with Gasteiger partial charge in [0.2, 0.25) is 0 Å². The fourth-order valence-electron chi connectivity index (χ4n) is 12.9. The Bertz CT molecular complexity index is 664. The zero-order valence-corrected chi connectivity index (χ0v) is 21.9. The van der Waals surface area contributed by atoms with Crippen LogP contribution in [0.4, 0.5) is 0 Å². The lowest BCUT2D eigenvalue weighted by Gasteiger charge is -2.59. The Hall–Kier alpha value is 0. The van der Waals surface area contributed by atoms with Gasteiger partial charge in [0, 0.05) is 0 Å². The van der Waals surface area contributed by atoms with Gasteiger partial charge in [0.1, 0.15) is 0 Å². The van der Waals surface area contributed by atoms with E-state index in [0.29, 0.717) is 0 Å². The van der Waals surface area contributed by atoms with Crippen LogP contribution in [0.3, 0.4) is 0 Å². The van der Waals surface area contributed by atoms with Crippen molar-refractivity contribution < 1.29 is 0 Å². The maximum atomic E-state index is 2.55. The van der Waals surface area contributed by atoms with E-state index in [2.05, 4.69) is 6.92 Å². The van der Waals surface area contributed by atoms with E-state index < -0.39 is 0 Å². The molecule has 0 spiro atoms. The Labute approximate surface area is 205 Å². The molecule has 0 amide bonds. The van der Waals surface area contributed by atoms with Crippen molar-refractivity contribution in [1.82, 2.24) is 0 Å². The fraction of sp³-hybridized carbons (Fsp3) is 1.00. The van der Waals surface area contributed by atoms with Gasteiger partial charge in [-0.25, -0.2) is 0 Å². The Morgan fingerprint density at radius 3 is 1.30 bits per heavy atom. The van der Waals surface area contributed by atoms with Crippen molar-refractivity contribution in [2.75, 3.05) is 0 Å².